The highest BCUT2D eigenvalue weighted by Crippen LogP contribution is 2.44. The van der Waals surface area contributed by atoms with Gasteiger partial charge in [0.25, 0.3) is 5.91 Å². The van der Waals surface area contributed by atoms with E-state index in [9.17, 15) is 24.5 Å². The van der Waals surface area contributed by atoms with Crippen molar-refractivity contribution < 1.29 is 34.0 Å². The number of carbonyl (C=O) groups is 1. The Hall–Kier alpha value is -3.11. The molecule has 8 nitrogen and oxygen atoms in total. The van der Waals surface area contributed by atoms with Gasteiger partial charge < -0.3 is 30.1 Å². The molecule has 0 spiro atoms. The molecule has 3 aliphatic rings. The van der Waals surface area contributed by atoms with E-state index < -0.39 is 35.8 Å². The maximum atomic E-state index is 13.8. The molecule has 1 aromatic carbocycles. The Morgan fingerprint density at radius 3 is 2.56 bits per heavy atom. The van der Waals surface area contributed by atoms with Crippen LogP contribution >= 0.6 is 0 Å². The van der Waals surface area contributed by atoms with E-state index in [1.54, 1.807) is 12.3 Å². The maximum absolute atomic E-state index is 13.8. The fourth-order valence-corrected chi connectivity index (χ4v) is 4.84. The van der Waals surface area contributed by atoms with Crippen molar-refractivity contribution in [1.29, 1.82) is 0 Å². The molecule has 0 saturated carbocycles. The number of aromatic nitrogens is 1. The van der Waals surface area contributed by atoms with Gasteiger partial charge in [-0.2, -0.15) is 0 Å². The molecule has 5 rings (SSSR count). The Bertz CT molecular complexity index is 1220. The van der Waals surface area contributed by atoms with Crippen LogP contribution in [0.1, 0.15) is 44.5 Å². The zero-order chi connectivity index (χ0) is 24.9. The van der Waals surface area contributed by atoms with Crippen LogP contribution in [0.15, 0.2) is 48.4 Å². The number of rotatable bonds is 5. The van der Waals surface area contributed by atoms with Gasteiger partial charge in [-0.1, -0.05) is 13.5 Å². The number of carbonyl (C=O) groups excluding carboxylic acids is 1. The van der Waals surface area contributed by atoms with Crippen LogP contribution in [0.2, 0.25) is 0 Å². The molecule has 0 unspecified atom stereocenters. The summed E-state index contributed by atoms with van der Waals surface area (Å²) >= 11 is 0. The zero-order valence-electron chi connectivity index (χ0n) is 19.4. The molecular weight excluding hydrogens is 467 g/mol. The molecule has 1 fully saturated rings. The summed E-state index contributed by atoms with van der Waals surface area (Å²) in [5, 5.41) is 32.0. The number of aryl methyl sites for hydroxylation is 1. The number of hydrogen-bond acceptors (Lipinski definition) is 7. The number of ether oxygens (including phenoxy) is 2. The first-order valence-electron chi connectivity index (χ1n) is 11.5. The molecule has 4 heterocycles. The predicted octanol–water partition coefficient (Wildman–Crippen LogP) is 2.83. The Balaban J connectivity index is 0.00000304. The molecule has 4 N–H and O–H groups in total. The van der Waals surface area contributed by atoms with Crippen molar-refractivity contribution in [2.75, 3.05) is 11.9 Å². The minimum atomic E-state index is -1.11. The van der Waals surface area contributed by atoms with Gasteiger partial charge in [0, 0.05) is 34.3 Å². The Labute approximate surface area is 209 Å². The first-order valence-corrected chi connectivity index (χ1v) is 11.5. The lowest BCUT2D eigenvalue weighted by atomic mass is 9.93. The van der Waals surface area contributed by atoms with Crippen molar-refractivity contribution >= 4 is 22.7 Å². The highest BCUT2D eigenvalue weighted by atomic mass is 19.1. The number of amides is 1. The predicted molar refractivity (Wildman–Crippen MR) is 132 cm³/mol. The quantitative estimate of drug-likeness (QED) is 0.468. The minimum absolute atomic E-state index is 0. The lowest BCUT2D eigenvalue weighted by molar-refractivity contribution is -0.111. The van der Waals surface area contributed by atoms with E-state index >= 15 is 0 Å². The summed E-state index contributed by atoms with van der Waals surface area (Å²) in [4.78, 5) is 17.1. The molecule has 36 heavy (non-hydrogen) atoms. The van der Waals surface area contributed by atoms with E-state index in [2.05, 4.69) is 10.3 Å². The van der Waals surface area contributed by atoms with E-state index in [-0.39, 0.29) is 19.9 Å². The highest BCUT2D eigenvalue weighted by Gasteiger charge is 2.42. The Morgan fingerprint density at radius 1 is 1.14 bits per heavy atom. The number of aliphatic hydroxyl groups is 3. The van der Waals surface area contributed by atoms with Crippen LogP contribution in [0.4, 0.5) is 10.1 Å². The Kier molecular flexibility index (Phi) is 7.03. The van der Waals surface area contributed by atoms with Gasteiger partial charge >= 0.3 is 0 Å². The van der Waals surface area contributed by atoms with Gasteiger partial charge in [-0.15, -0.1) is 0 Å². The van der Waals surface area contributed by atoms with E-state index in [0.717, 1.165) is 16.8 Å². The number of hydrogen-bond donors (Lipinski definition) is 4. The molecule has 3 aliphatic heterocycles. The van der Waals surface area contributed by atoms with Crippen molar-refractivity contribution in [3.63, 3.8) is 0 Å². The summed E-state index contributed by atoms with van der Waals surface area (Å²) < 4.78 is 25.5. The summed E-state index contributed by atoms with van der Waals surface area (Å²) in [6.07, 6.45) is 0.966. The highest BCUT2D eigenvalue weighted by molar-refractivity contribution is 6.32. The third-order valence-electron chi connectivity index (χ3n) is 6.72. The van der Waals surface area contributed by atoms with E-state index in [1.807, 2.05) is 26.0 Å². The lowest BCUT2D eigenvalue weighted by Crippen LogP contribution is -2.33. The number of halogens is 1. The van der Waals surface area contributed by atoms with Gasteiger partial charge in [0.1, 0.15) is 35.5 Å². The fourth-order valence-electron chi connectivity index (χ4n) is 4.84. The third-order valence-corrected chi connectivity index (χ3v) is 6.72. The molecule has 1 aromatic heterocycles. The first kappa shape index (κ1) is 26.0. The minimum Gasteiger partial charge on any atom is -0.482 e. The molecule has 192 valence electrons. The lowest BCUT2D eigenvalue weighted by Gasteiger charge is -2.23. The summed E-state index contributed by atoms with van der Waals surface area (Å²) in [6, 6.07) is 7.93. The van der Waals surface area contributed by atoms with Crippen LogP contribution in [-0.4, -0.2) is 62.8 Å². The molecule has 1 saturated heterocycles. The average molecular weight is 499 g/mol. The average Bonchev–Trinajstić information content (AvgIpc) is 3.42. The van der Waals surface area contributed by atoms with Gasteiger partial charge in [0.2, 0.25) is 0 Å². The van der Waals surface area contributed by atoms with Gasteiger partial charge in [-0.3, -0.25) is 9.78 Å². The molecule has 0 bridgehead atoms. The molecule has 0 aliphatic carbocycles. The molecule has 9 heteroatoms. The summed E-state index contributed by atoms with van der Waals surface area (Å²) in [7, 11) is 0. The van der Waals surface area contributed by atoms with Gasteiger partial charge in [0.05, 0.1) is 18.3 Å². The molecule has 4 atom stereocenters. The first-order chi connectivity index (χ1) is 16.7. The number of fused-ring (bicyclic) bond motifs is 1. The number of allylic oxidation sites excluding steroid dienone is 1. The second-order valence-corrected chi connectivity index (χ2v) is 9.51. The number of anilines is 1. The molecule has 0 radical (unpaired) electrons. The molecule has 1 amide bonds. The van der Waals surface area contributed by atoms with Crippen LogP contribution in [0.3, 0.4) is 0 Å². The number of nitrogens with zero attached hydrogens (tertiary/aromatic N) is 1. The van der Waals surface area contributed by atoms with Crippen LogP contribution in [0.25, 0.3) is 11.1 Å². The number of aliphatic hydroxyl groups excluding tert-OH is 3. The summed E-state index contributed by atoms with van der Waals surface area (Å²) in [5.74, 6) is -0.399. The van der Waals surface area contributed by atoms with Crippen LogP contribution in [0, 0.1) is 5.82 Å². The van der Waals surface area contributed by atoms with Crippen LogP contribution in [-0.2, 0) is 20.7 Å². The summed E-state index contributed by atoms with van der Waals surface area (Å²) in [5.41, 5.74) is 3.01. The second-order valence-electron chi connectivity index (χ2n) is 9.51. The van der Waals surface area contributed by atoms with E-state index in [0.29, 0.717) is 35.4 Å². The van der Waals surface area contributed by atoms with E-state index in [4.69, 9.17) is 9.47 Å². The third kappa shape index (κ3) is 4.55. The normalized spacial score (nSPS) is 28.3. The topological polar surface area (TPSA) is 121 Å². The zero-order valence-corrected chi connectivity index (χ0v) is 19.4. The van der Waals surface area contributed by atoms with Crippen LogP contribution < -0.4 is 5.32 Å². The SMILES string of the molecule is C.CC1(C)O/C(=C2/C(=O)Nc3ccc(F)cc32)C=C1c1ccc(CC[C@H]2O[C@H](CO)[C@@H](O)[C@@H]2O)nc1. The maximum Gasteiger partial charge on any atom is 0.260 e. The van der Waals surface area contributed by atoms with Crippen molar-refractivity contribution in [2.24, 2.45) is 0 Å². The number of nitrogens with one attached hydrogen (secondary N) is 1. The van der Waals surface area contributed by atoms with Gasteiger partial charge in [-0.25, -0.2) is 4.39 Å². The second kappa shape index (κ2) is 9.74. The van der Waals surface area contributed by atoms with Crippen molar-refractivity contribution in [3.05, 3.63) is 71.0 Å². The Morgan fingerprint density at radius 2 is 1.89 bits per heavy atom. The van der Waals surface area contributed by atoms with Crippen molar-refractivity contribution in [3.8, 4) is 0 Å². The smallest absolute Gasteiger partial charge is 0.260 e. The number of pyridine rings is 1. The fraction of sp³-hybridized carbons (Fsp3) is 0.407. The largest absolute Gasteiger partial charge is 0.482 e. The standard InChI is InChI=1S/C26H27FN2O6.CH4/c1-26(2)17(10-20(35-26)22-16-9-14(27)4-7-18(16)29-25(22)33)13-3-5-15(28-11-13)6-8-19-23(31)24(32)21(12-30)34-19;/h3-5,7,9-11,19,21,23-24,30-32H,6,8,12H2,1-2H3,(H,29,33);1H4/b22-20+;/t19-,21-,23-,24-;/m1./s1. The summed E-state index contributed by atoms with van der Waals surface area (Å²) in [6.45, 7) is 3.43. The monoisotopic (exact) mass is 498 g/mol. The van der Waals surface area contributed by atoms with Crippen LogP contribution in [0.5, 0.6) is 0 Å². The molecule has 2 aromatic rings. The number of benzene rings is 1. The van der Waals surface area contributed by atoms with Crippen molar-refractivity contribution in [1.82, 2.24) is 4.98 Å². The van der Waals surface area contributed by atoms with Crippen molar-refractivity contribution in [2.45, 2.75) is 64.1 Å². The van der Waals surface area contributed by atoms with E-state index in [1.165, 1.54) is 18.2 Å². The molecular formula is C27H31FN2O6. The van der Waals surface area contributed by atoms with Gasteiger partial charge in [0.15, 0.2) is 0 Å². The van der Waals surface area contributed by atoms with Gasteiger partial charge in [-0.05, 0) is 57.0 Å².